The third-order valence-corrected chi connectivity index (χ3v) is 3.36. The molecule has 0 aromatic heterocycles. The molecule has 0 aliphatic heterocycles. The summed E-state index contributed by atoms with van der Waals surface area (Å²) in [6, 6.07) is 0. The quantitative estimate of drug-likeness (QED) is 0.447. The Morgan fingerprint density at radius 3 is 2.00 bits per heavy atom. The third kappa shape index (κ3) is 0.624. The van der Waals surface area contributed by atoms with Crippen molar-refractivity contribution >= 4 is 0 Å². The van der Waals surface area contributed by atoms with Gasteiger partial charge in [0.25, 0.3) is 0 Å². The van der Waals surface area contributed by atoms with Crippen LogP contribution in [0, 0.1) is 11.8 Å². The molecule has 0 aromatic carbocycles. The summed E-state index contributed by atoms with van der Waals surface area (Å²) in [5.74, 6) is 2.21. The van der Waals surface area contributed by atoms with E-state index in [4.69, 9.17) is 0 Å². The second-order valence-corrected chi connectivity index (χ2v) is 4.06. The van der Waals surface area contributed by atoms with Gasteiger partial charge in [0.1, 0.15) is 0 Å². The molecule has 0 N–H and O–H groups in total. The van der Waals surface area contributed by atoms with Crippen LogP contribution in [0.25, 0.3) is 0 Å². The molecule has 0 nitrogen and oxygen atoms in total. The molecule has 3 aliphatic carbocycles. The molecule has 10 heavy (non-hydrogen) atoms. The summed E-state index contributed by atoms with van der Waals surface area (Å²) in [6.07, 6.45) is 9.01. The third-order valence-electron chi connectivity index (χ3n) is 3.36. The second-order valence-electron chi connectivity index (χ2n) is 4.06. The lowest BCUT2D eigenvalue weighted by Crippen LogP contribution is -1.91. The van der Waals surface area contributed by atoms with Gasteiger partial charge in [0.15, 0.2) is 0 Å². The highest BCUT2D eigenvalue weighted by atomic mass is 14.5. The molecule has 3 aliphatic rings. The van der Waals surface area contributed by atoms with E-state index >= 15 is 0 Å². The topological polar surface area (TPSA) is 0 Å². The molecule has 0 amide bonds. The molecule has 0 aromatic rings. The maximum atomic E-state index is 1.93. The maximum absolute atomic E-state index is 1.93. The van der Waals surface area contributed by atoms with Gasteiger partial charge in [-0.2, -0.15) is 0 Å². The number of fused-ring (bicyclic) bond motifs is 1. The molecule has 3 rings (SSSR count). The molecule has 54 valence electrons. The molecule has 0 heteroatoms. The Hall–Kier alpha value is -0.260. The second kappa shape index (κ2) is 1.66. The molecule has 3 fully saturated rings. The van der Waals surface area contributed by atoms with Crippen molar-refractivity contribution in [1.29, 1.82) is 0 Å². The fourth-order valence-electron chi connectivity index (χ4n) is 2.70. The fourth-order valence-corrected chi connectivity index (χ4v) is 2.70. The Bertz CT molecular complexity index is 180. The minimum absolute atomic E-state index is 1.10. The van der Waals surface area contributed by atoms with Crippen molar-refractivity contribution in [2.75, 3.05) is 0 Å². The summed E-state index contributed by atoms with van der Waals surface area (Å²) >= 11 is 0. The van der Waals surface area contributed by atoms with Gasteiger partial charge in [0.2, 0.25) is 0 Å². The van der Waals surface area contributed by atoms with Crippen molar-refractivity contribution in [3.8, 4) is 0 Å². The first-order valence-corrected chi connectivity index (χ1v) is 4.68. The van der Waals surface area contributed by atoms with Crippen LogP contribution in [0.4, 0.5) is 0 Å². The molecule has 0 radical (unpaired) electrons. The predicted octanol–water partition coefficient (Wildman–Crippen LogP) is 2.90. The van der Waals surface area contributed by atoms with Crippen molar-refractivity contribution in [1.82, 2.24) is 0 Å². The van der Waals surface area contributed by atoms with E-state index in [0.29, 0.717) is 0 Å². The smallest absolute Gasteiger partial charge is 0.0132 e. The van der Waals surface area contributed by atoms with Gasteiger partial charge in [0, 0.05) is 0 Å². The van der Waals surface area contributed by atoms with Gasteiger partial charge in [-0.1, -0.05) is 24.0 Å². The highest BCUT2D eigenvalue weighted by Crippen LogP contribution is 2.60. The Balaban J connectivity index is 1.87. The SMILES string of the molecule is C1CCC2C(=C3CC3)C2C1. The van der Waals surface area contributed by atoms with Gasteiger partial charge in [0.05, 0.1) is 0 Å². The van der Waals surface area contributed by atoms with Crippen LogP contribution in [0.5, 0.6) is 0 Å². The minimum Gasteiger partial charge on any atom is -0.0698 e. The average Bonchev–Trinajstić information content (AvgIpc) is 2.81. The number of hydrogen-bond donors (Lipinski definition) is 0. The van der Waals surface area contributed by atoms with Crippen LogP contribution in [0.1, 0.15) is 38.5 Å². The van der Waals surface area contributed by atoms with Gasteiger partial charge in [-0.15, -0.1) is 0 Å². The van der Waals surface area contributed by atoms with E-state index in [1.165, 1.54) is 38.5 Å². The van der Waals surface area contributed by atoms with Crippen LogP contribution in [0.2, 0.25) is 0 Å². The van der Waals surface area contributed by atoms with Crippen molar-refractivity contribution in [2.24, 2.45) is 11.8 Å². The molecule has 0 heterocycles. The van der Waals surface area contributed by atoms with Crippen LogP contribution in [0.15, 0.2) is 11.1 Å². The van der Waals surface area contributed by atoms with E-state index in [-0.39, 0.29) is 0 Å². The number of allylic oxidation sites excluding steroid dienone is 2. The number of rotatable bonds is 0. The Labute approximate surface area is 62.3 Å². The molecule has 2 atom stereocenters. The summed E-state index contributed by atoms with van der Waals surface area (Å²) in [6.45, 7) is 0. The molecular weight excluding hydrogens is 120 g/mol. The lowest BCUT2D eigenvalue weighted by atomic mass is 10.0. The molecule has 0 bridgehead atoms. The standard InChI is InChI=1S/C10H14/c1-2-4-9-8(3-1)10(9)7-5-6-7/h8-9H,1-6H2. The first-order chi connectivity index (χ1) is 4.97. The van der Waals surface area contributed by atoms with Crippen molar-refractivity contribution in [2.45, 2.75) is 38.5 Å². The highest BCUT2D eigenvalue weighted by molar-refractivity contribution is 5.41. The zero-order valence-corrected chi connectivity index (χ0v) is 6.40. The van der Waals surface area contributed by atoms with Crippen LogP contribution in [0.3, 0.4) is 0 Å². The Morgan fingerprint density at radius 1 is 0.900 bits per heavy atom. The van der Waals surface area contributed by atoms with Crippen LogP contribution in [-0.2, 0) is 0 Å². The summed E-state index contributed by atoms with van der Waals surface area (Å²) in [4.78, 5) is 0. The lowest BCUT2D eigenvalue weighted by Gasteiger charge is -2.04. The van der Waals surface area contributed by atoms with Crippen molar-refractivity contribution < 1.29 is 0 Å². The summed E-state index contributed by atoms with van der Waals surface area (Å²) in [5.41, 5.74) is 3.79. The minimum atomic E-state index is 1.10. The van der Waals surface area contributed by atoms with E-state index in [0.717, 1.165) is 11.8 Å². The summed E-state index contributed by atoms with van der Waals surface area (Å²) in [7, 11) is 0. The molecule has 3 saturated carbocycles. The van der Waals surface area contributed by atoms with E-state index in [1.807, 2.05) is 11.1 Å². The van der Waals surface area contributed by atoms with Crippen LogP contribution >= 0.6 is 0 Å². The zero-order valence-electron chi connectivity index (χ0n) is 6.40. The summed E-state index contributed by atoms with van der Waals surface area (Å²) < 4.78 is 0. The predicted molar refractivity (Wildman–Crippen MR) is 41.7 cm³/mol. The van der Waals surface area contributed by atoms with Crippen LogP contribution < -0.4 is 0 Å². The molecule has 0 spiro atoms. The van der Waals surface area contributed by atoms with Gasteiger partial charge in [-0.25, -0.2) is 0 Å². The summed E-state index contributed by atoms with van der Waals surface area (Å²) in [5, 5.41) is 0. The fraction of sp³-hybridized carbons (Fsp3) is 0.800. The van der Waals surface area contributed by atoms with Gasteiger partial charge in [-0.05, 0) is 37.5 Å². The molecule has 2 unspecified atom stereocenters. The normalized spacial score (nSPS) is 43.2. The average molecular weight is 134 g/mol. The van der Waals surface area contributed by atoms with Crippen LogP contribution in [-0.4, -0.2) is 0 Å². The zero-order chi connectivity index (χ0) is 6.55. The van der Waals surface area contributed by atoms with E-state index in [9.17, 15) is 0 Å². The maximum Gasteiger partial charge on any atom is -0.0132 e. The largest absolute Gasteiger partial charge is 0.0698 e. The lowest BCUT2D eigenvalue weighted by molar-refractivity contribution is 0.480. The number of hydrogen-bond acceptors (Lipinski definition) is 0. The van der Waals surface area contributed by atoms with Gasteiger partial charge in [-0.3, -0.25) is 0 Å². The highest BCUT2D eigenvalue weighted by Gasteiger charge is 2.47. The van der Waals surface area contributed by atoms with E-state index < -0.39 is 0 Å². The Morgan fingerprint density at radius 2 is 1.50 bits per heavy atom. The van der Waals surface area contributed by atoms with E-state index in [1.54, 1.807) is 0 Å². The van der Waals surface area contributed by atoms with Crippen molar-refractivity contribution in [3.05, 3.63) is 11.1 Å². The monoisotopic (exact) mass is 134 g/mol. The molecule has 0 saturated heterocycles. The first kappa shape index (κ1) is 5.40. The first-order valence-electron chi connectivity index (χ1n) is 4.68. The molecular formula is C10H14. The van der Waals surface area contributed by atoms with Gasteiger partial charge >= 0.3 is 0 Å². The van der Waals surface area contributed by atoms with Gasteiger partial charge < -0.3 is 0 Å². The van der Waals surface area contributed by atoms with Crippen molar-refractivity contribution in [3.63, 3.8) is 0 Å². The van der Waals surface area contributed by atoms with E-state index in [2.05, 4.69) is 0 Å². The Kier molecular flexibility index (Phi) is 0.898.